The average molecular weight is 493 g/mol. The smallest absolute Gasteiger partial charge is 0.159 e. The van der Waals surface area contributed by atoms with Gasteiger partial charge < -0.3 is 0 Å². The molecule has 178 valence electrons. The molecule has 0 radical (unpaired) electrons. The third kappa shape index (κ3) is 6.69. The average Bonchev–Trinajstić information content (AvgIpc) is 2.67. The van der Waals surface area contributed by atoms with Crippen molar-refractivity contribution >= 4 is 22.0 Å². The molecule has 2 rings (SSSR count). The summed E-state index contributed by atoms with van der Waals surface area (Å²) >= 11 is 0. The van der Waals surface area contributed by atoms with Crippen LogP contribution in [0.3, 0.4) is 0 Å². The first-order chi connectivity index (χ1) is 14.6. The molecule has 0 fully saturated rings. The molecule has 2 aromatic rings. The summed E-state index contributed by atoms with van der Waals surface area (Å²) < 4.78 is 85.5. The van der Waals surface area contributed by atoms with Crippen LogP contribution in [0.2, 0.25) is 0 Å². The first kappa shape index (κ1) is 26.6. The lowest BCUT2D eigenvalue weighted by Gasteiger charge is -2.33. The van der Waals surface area contributed by atoms with Crippen LogP contribution in [0.1, 0.15) is 64.8 Å². The van der Waals surface area contributed by atoms with Crippen molar-refractivity contribution in [2.45, 2.75) is 63.1 Å². The SMILES string of the molecule is CC(C)(C)S(=O)N[C@@H](c1ccc(F)c(F)c1)[C@@H](NS(=O)C(C)(C)C)c1ccc(F)c(F)c1. The zero-order valence-electron chi connectivity index (χ0n) is 18.8. The van der Waals surface area contributed by atoms with Crippen molar-refractivity contribution in [3.63, 3.8) is 0 Å². The van der Waals surface area contributed by atoms with Gasteiger partial charge in [0.1, 0.15) is 0 Å². The van der Waals surface area contributed by atoms with Crippen molar-refractivity contribution in [3.05, 3.63) is 70.8 Å². The Morgan fingerprint density at radius 3 is 1.19 bits per heavy atom. The fourth-order valence-electron chi connectivity index (χ4n) is 2.65. The Balaban J connectivity index is 2.67. The summed E-state index contributed by atoms with van der Waals surface area (Å²) in [6, 6.07) is 4.24. The van der Waals surface area contributed by atoms with Crippen LogP contribution in [-0.2, 0) is 22.0 Å². The van der Waals surface area contributed by atoms with E-state index >= 15 is 0 Å². The van der Waals surface area contributed by atoms with Crippen LogP contribution in [0.5, 0.6) is 0 Å². The first-order valence-electron chi connectivity index (χ1n) is 9.87. The summed E-state index contributed by atoms with van der Waals surface area (Å²) in [7, 11) is -3.39. The van der Waals surface area contributed by atoms with Crippen LogP contribution in [0, 0.1) is 23.3 Å². The Bertz CT molecular complexity index is 938. The van der Waals surface area contributed by atoms with E-state index in [1.165, 1.54) is 12.1 Å². The van der Waals surface area contributed by atoms with Gasteiger partial charge in [-0.2, -0.15) is 0 Å². The van der Waals surface area contributed by atoms with Crippen LogP contribution in [0.4, 0.5) is 17.6 Å². The number of halogens is 4. The van der Waals surface area contributed by atoms with Gasteiger partial charge in [-0.05, 0) is 76.9 Å². The van der Waals surface area contributed by atoms with Crippen molar-refractivity contribution in [2.75, 3.05) is 0 Å². The van der Waals surface area contributed by atoms with E-state index in [0.29, 0.717) is 0 Å². The minimum absolute atomic E-state index is 0.189. The summed E-state index contributed by atoms with van der Waals surface area (Å²) in [6.45, 7) is 10.3. The summed E-state index contributed by atoms with van der Waals surface area (Å²) in [6.07, 6.45) is 0. The van der Waals surface area contributed by atoms with Gasteiger partial charge in [0.15, 0.2) is 23.3 Å². The van der Waals surface area contributed by atoms with Gasteiger partial charge in [0.25, 0.3) is 0 Å². The van der Waals surface area contributed by atoms with E-state index in [4.69, 9.17) is 0 Å². The molecule has 0 heterocycles. The fourth-order valence-corrected chi connectivity index (χ4v) is 4.37. The molecule has 10 heteroatoms. The molecule has 2 N–H and O–H groups in total. The minimum atomic E-state index is -1.69. The molecule has 2 unspecified atom stereocenters. The lowest BCUT2D eigenvalue weighted by Crippen LogP contribution is -2.44. The predicted octanol–water partition coefficient (Wildman–Crippen LogP) is 5.13. The highest BCUT2D eigenvalue weighted by Gasteiger charge is 2.34. The molecule has 4 atom stereocenters. The Morgan fingerprint density at radius 1 is 0.625 bits per heavy atom. The number of benzene rings is 2. The molecule has 0 aliphatic rings. The maximum Gasteiger partial charge on any atom is 0.159 e. The van der Waals surface area contributed by atoms with Gasteiger partial charge >= 0.3 is 0 Å². The van der Waals surface area contributed by atoms with Gasteiger partial charge in [-0.25, -0.2) is 35.4 Å². The molecular weight excluding hydrogens is 464 g/mol. The Hall–Kier alpha value is -1.62. The molecule has 0 saturated carbocycles. The molecule has 2 aromatic carbocycles. The van der Waals surface area contributed by atoms with E-state index in [2.05, 4.69) is 9.44 Å². The van der Waals surface area contributed by atoms with E-state index in [9.17, 15) is 26.0 Å². The standard InChI is InChI=1S/C22H28F4N2O2S2/c1-21(2,3)31(29)27-19(13-7-9-15(23)17(25)11-13)20(28-32(30)22(4,5)6)14-8-10-16(24)18(26)12-14/h7-12,19-20,27-28H,1-6H3/t19-,20-,31?,32?/m0/s1. The fraction of sp³-hybridized carbons (Fsp3) is 0.455. The van der Waals surface area contributed by atoms with Gasteiger partial charge in [-0.15, -0.1) is 0 Å². The lowest BCUT2D eigenvalue weighted by atomic mass is 9.94. The van der Waals surface area contributed by atoms with Gasteiger partial charge in [0.05, 0.1) is 43.5 Å². The van der Waals surface area contributed by atoms with E-state index in [1.807, 2.05) is 0 Å². The largest absolute Gasteiger partial charge is 0.242 e. The molecule has 4 nitrogen and oxygen atoms in total. The number of hydrogen-bond donors (Lipinski definition) is 2. The van der Waals surface area contributed by atoms with Crippen molar-refractivity contribution in [1.29, 1.82) is 0 Å². The van der Waals surface area contributed by atoms with Crippen molar-refractivity contribution in [1.82, 2.24) is 9.44 Å². The second-order valence-corrected chi connectivity index (χ2v) is 13.3. The van der Waals surface area contributed by atoms with Crippen LogP contribution in [-0.4, -0.2) is 17.9 Å². The Labute approximate surface area is 191 Å². The van der Waals surface area contributed by atoms with Crippen molar-refractivity contribution in [2.24, 2.45) is 0 Å². The Morgan fingerprint density at radius 2 is 0.938 bits per heavy atom. The molecule has 0 saturated heterocycles. The molecule has 0 aliphatic heterocycles. The maximum atomic E-state index is 14.1. The molecule has 0 bridgehead atoms. The van der Waals surface area contributed by atoms with E-state index in [1.54, 1.807) is 41.5 Å². The highest BCUT2D eigenvalue weighted by Crippen LogP contribution is 2.33. The zero-order valence-corrected chi connectivity index (χ0v) is 20.4. The van der Waals surface area contributed by atoms with Gasteiger partial charge in [0, 0.05) is 0 Å². The Kier molecular flexibility index (Phi) is 8.41. The maximum absolute atomic E-state index is 14.1. The second kappa shape index (κ2) is 10.1. The number of nitrogens with one attached hydrogen (secondary N) is 2. The minimum Gasteiger partial charge on any atom is -0.242 e. The lowest BCUT2D eigenvalue weighted by molar-refractivity contribution is 0.465. The summed E-state index contributed by atoms with van der Waals surface area (Å²) in [4.78, 5) is 0. The third-order valence-electron chi connectivity index (χ3n) is 4.52. The summed E-state index contributed by atoms with van der Waals surface area (Å²) in [5, 5.41) is 0. The topological polar surface area (TPSA) is 58.2 Å². The quantitative estimate of drug-likeness (QED) is 0.527. The molecular formula is C22H28F4N2O2S2. The third-order valence-corrected chi connectivity index (χ3v) is 7.68. The van der Waals surface area contributed by atoms with Crippen LogP contribution in [0.15, 0.2) is 36.4 Å². The van der Waals surface area contributed by atoms with Gasteiger partial charge in [-0.1, -0.05) is 12.1 Å². The molecule has 0 spiro atoms. The van der Waals surface area contributed by atoms with Crippen molar-refractivity contribution < 1.29 is 26.0 Å². The van der Waals surface area contributed by atoms with Crippen molar-refractivity contribution in [3.8, 4) is 0 Å². The highest BCUT2D eigenvalue weighted by molar-refractivity contribution is 7.84. The van der Waals surface area contributed by atoms with Crippen LogP contribution in [0.25, 0.3) is 0 Å². The second-order valence-electron chi connectivity index (χ2n) is 9.30. The normalized spacial score (nSPS) is 16.4. The van der Waals surface area contributed by atoms with E-state index < -0.39 is 66.8 Å². The molecule has 32 heavy (non-hydrogen) atoms. The van der Waals surface area contributed by atoms with Gasteiger partial charge in [0.2, 0.25) is 0 Å². The zero-order chi connectivity index (χ0) is 24.4. The van der Waals surface area contributed by atoms with Crippen LogP contribution < -0.4 is 9.44 Å². The van der Waals surface area contributed by atoms with Gasteiger partial charge in [-0.3, -0.25) is 0 Å². The van der Waals surface area contributed by atoms with E-state index in [0.717, 1.165) is 24.3 Å². The van der Waals surface area contributed by atoms with E-state index in [-0.39, 0.29) is 11.1 Å². The van der Waals surface area contributed by atoms with Crippen LogP contribution >= 0.6 is 0 Å². The summed E-state index contributed by atoms with van der Waals surface area (Å²) in [5.74, 6) is -4.39. The monoisotopic (exact) mass is 492 g/mol. The number of hydrogen-bond acceptors (Lipinski definition) is 2. The molecule has 0 aromatic heterocycles. The predicted molar refractivity (Wildman–Crippen MR) is 120 cm³/mol. The highest BCUT2D eigenvalue weighted by atomic mass is 32.2. The molecule has 0 aliphatic carbocycles. The molecule has 0 amide bonds. The first-order valence-corrected chi connectivity index (χ1v) is 12.2. The summed E-state index contributed by atoms with van der Waals surface area (Å²) in [5.41, 5.74) is 0.379. The number of rotatable bonds is 7.